The molecular weight excluding hydrogens is 298 g/mol. The van der Waals surface area contributed by atoms with Crippen molar-refractivity contribution in [2.75, 3.05) is 31.1 Å². The summed E-state index contributed by atoms with van der Waals surface area (Å²) in [6.07, 6.45) is 1.70. The van der Waals surface area contributed by atoms with Crippen molar-refractivity contribution in [3.8, 4) is 11.3 Å². The molecule has 4 rings (SSSR count). The number of nitrogens with zero attached hydrogens (tertiary/aromatic N) is 5. The van der Waals surface area contributed by atoms with Gasteiger partial charge in [0.15, 0.2) is 5.52 Å². The van der Waals surface area contributed by atoms with E-state index in [4.69, 9.17) is 0 Å². The van der Waals surface area contributed by atoms with Gasteiger partial charge in [0.25, 0.3) is 5.52 Å². The second kappa shape index (κ2) is 5.36. The first-order valence-corrected chi connectivity index (χ1v) is 7.37. The molecule has 9 nitrogen and oxygen atoms in total. The van der Waals surface area contributed by atoms with Crippen molar-refractivity contribution < 1.29 is 9.58 Å². The average Bonchev–Trinajstić information content (AvgIpc) is 3.13. The Morgan fingerprint density at radius 1 is 1.09 bits per heavy atom. The SMILES string of the molecule is [O-][n+]1nc(N2CCNCC2)[n+]([O-])c2ccc(-c3cc[nH]n3)cc21. The Labute approximate surface area is 131 Å². The molecule has 0 amide bonds. The monoisotopic (exact) mass is 313 g/mol. The highest BCUT2D eigenvalue weighted by atomic mass is 16.5. The number of H-pyrrole nitrogens is 1. The van der Waals surface area contributed by atoms with E-state index in [0.29, 0.717) is 29.1 Å². The lowest BCUT2D eigenvalue weighted by Gasteiger charge is -2.23. The van der Waals surface area contributed by atoms with Crippen molar-refractivity contribution in [1.82, 2.24) is 20.6 Å². The van der Waals surface area contributed by atoms with Crippen LogP contribution in [0, 0.1) is 10.4 Å². The van der Waals surface area contributed by atoms with E-state index in [1.54, 1.807) is 30.5 Å². The van der Waals surface area contributed by atoms with Gasteiger partial charge in [-0.3, -0.25) is 10.00 Å². The van der Waals surface area contributed by atoms with Gasteiger partial charge < -0.3 is 15.7 Å². The molecule has 3 aromatic rings. The van der Waals surface area contributed by atoms with E-state index in [-0.39, 0.29) is 11.5 Å². The van der Waals surface area contributed by atoms with Crippen LogP contribution in [0.25, 0.3) is 22.3 Å². The van der Waals surface area contributed by atoms with Gasteiger partial charge in [-0.25, -0.2) is 4.73 Å². The van der Waals surface area contributed by atoms with Crippen LogP contribution in [0.15, 0.2) is 30.5 Å². The number of anilines is 1. The van der Waals surface area contributed by atoms with E-state index in [2.05, 4.69) is 20.6 Å². The summed E-state index contributed by atoms with van der Waals surface area (Å²) in [4.78, 5) is 2.33. The van der Waals surface area contributed by atoms with Crippen LogP contribution in [0.4, 0.5) is 5.95 Å². The molecule has 2 aromatic heterocycles. The smallest absolute Gasteiger partial charge is 0.463 e. The summed E-state index contributed by atoms with van der Waals surface area (Å²) in [5.74, 6) is 0.140. The third-order valence-corrected chi connectivity index (χ3v) is 3.96. The molecule has 9 heteroatoms. The Hall–Kier alpha value is -2.94. The molecule has 0 saturated carbocycles. The summed E-state index contributed by atoms with van der Waals surface area (Å²) >= 11 is 0. The van der Waals surface area contributed by atoms with Crippen LogP contribution in [0.5, 0.6) is 0 Å². The highest BCUT2D eigenvalue weighted by molar-refractivity contribution is 5.76. The quantitative estimate of drug-likeness (QED) is 0.478. The van der Waals surface area contributed by atoms with Crippen LogP contribution in [-0.4, -0.2) is 41.5 Å². The molecule has 0 unspecified atom stereocenters. The van der Waals surface area contributed by atoms with Crippen molar-refractivity contribution in [1.29, 1.82) is 0 Å². The number of rotatable bonds is 2. The Bertz CT molecular complexity index is 844. The van der Waals surface area contributed by atoms with Crippen molar-refractivity contribution >= 4 is 17.0 Å². The number of benzene rings is 1. The Balaban J connectivity index is 1.84. The third kappa shape index (κ3) is 2.30. The van der Waals surface area contributed by atoms with Crippen LogP contribution in [0.2, 0.25) is 0 Å². The van der Waals surface area contributed by atoms with E-state index in [1.165, 1.54) is 0 Å². The number of hydrogen-bond acceptors (Lipinski definition) is 6. The van der Waals surface area contributed by atoms with Gasteiger partial charge in [-0.2, -0.15) is 5.10 Å². The number of aromatic nitrogens is 5. The topological polar surface area (TPSA) is 111 Å². The molecule has 1 aliphatic heterocycles. The lowest BCUT2D eigenvalue weighted by Crippen LogP contribution is -2.52. The molecule has 0 radical (unpaired) electrons. The van der Waals surface area contributed by atoms with Crippen LogP contribution in [0.1, 0.15) is 0 Å². The fraction of sp³-hybridized carbons (Fsp3) is 0.286. The first-order valence-electron chi connectivity index (χ1n) is 7.37. The standard InChI is InChI=1S/C14H15N7O2/c22-20-12-2-1-10(11-3-4-16-17-11)9-13(12)21(23)18-14(20)19-7-5-15-6-8-19/h1-4,9,15H,5-8H2,(H,16,17). The Morgan fingerprint density at radius 2 is 1.91 bits per heavy atom. The highest BCUT2D eigenvalue weighted by Gasteiger charge is 2.28. The van der Waals surface area contributed by atoms with Gasteiger partial charge in [-0.15, -0.1) is 0 Å². The van der Waals surface area contributed by atoms with Crippen LogP contribution in [-0.2, 0) is 0 Å². The molecule has 118 valence electrons. The molecule has 0 spiro atoms. The maximum Gasteiger partial charge on any atom is 0.463 e. The largest absolute Gasteiger partial charge is 0.739 e. The summed E-state index contributed by atoms with van der Waals surface area (Å²) in [6.45, 7) is 2.81. The Kier molecular flexibility index (Phi) is 3.19. The number of piperazine rings is 1. The lowest BCUT2D eigenvalue weighted by atomic mass is 10.1. The summed E-state index contributed by atoms with van der Waals surface area (Å²) in [6, 6.07) is 6.83. The predicted octanol–water partition coefficient (Wildman–Crippen LogP) is -0.699. The summed E-state index contributed by atoms with van der Waals surface area (Å²) in [7, 11) is 0. The third-order valence-electron chi connectivity index (χ3n) is 3.96. The minimum Gasteiger partial charge on any atom is -0.739 e. The maximum absolute atomic E-state index is 12.6. The van der Waals surface area contributed by atoms with Gasteiger partial charge in [-0.05, 0) is 18.2 Å². The van der Waals surface area contributed by atoms with Crippen molar-refractivity contribution in [2.45, 2.75) is 0 Å². The molecule has 0 atom stereocenters. The van der Waals surface area contributed by atoms with Crippen LogP contribution < -0.4 is 19.8 Å². The van der Waals surface area contributed by atoms with Gasteiger partial charge >= 0.3 is 5.95 Å². The van der Waals surface area contributed by atoms with Crippen molar-refractivity contribution in [3.05, 3.63) is 40.9 Å². The minimum atomic E-state index is 0.140. The fourth-order valence-electron chi connectivity index (χ4n) is 2.77. The zero-order valence-electron chi connectivity index (χ0n) is 12.3. The van der Waals surface area contributed by atoms with Crippen LogP contribution in [0.3, 0.4) is 0 Å². The zero-order valence-corrected chi connectivity index (χ0v) is 12.3. The van der Waals surface area contributed by atoms with Crippen molar-refractivity contribution in [3.63, 3.8) is 0 Å². The number of fused-ring (bicyclic) bond motifs is 1. The highest BCUT2D eigenvalue weighted by Crippen LogP contribution is 2.20. The van der Waals surface area contributed by atoms with Gasteiger partial charge in [0.1, 0.15) is 0 Å². The van der Waals surface area contributed by atoms with Crippen molar-refractivity contribution in [2.24, 2.45) is 0 Å². The first-order chi connectivity index (χ1) is 11.2. The second-order valence-corrected chi connectivity index (χ2v) is 5.37. The van der Waals surface area contributed by atoms with E-state index < -0.39 is 0 Å². The molecule has 0 bridgehead atoms. The summed E-state index contributed by atoms with van der Waals surface area (Å²) in [5.41, 5.74) is 1.97. The summed E-state index contributed by atoms with van der Waals surface area (Å²) < 4.78 is 0.726. The molecule has 0 aliphatic carbocycles. The maximum atomic E-state index is 12.6. The number of aromatic amines is 1. The van der Waals surface area contributed by atoms with Gasteiger partial charge in [0.05, 0.1) is 18.8 Å². The second-order valence-electron chi connectivity index (χ2n) is 5.37. The normalized spacial score (nSPS) is 15.2. The molecule has 23 heavy (non-hydrogen) atoms. The predicted molar refractivity (Wildman–Crippen MR) is 82.3 cm³/mol. The molecule has 1 saturated heterocycles. The van der Waals surface area contributed by atoms with E-state index >= 15 is 0 Å². The molecule has 1 aromatic carbocycles. The molecule has 1 fully saturated rings. The van der Waals surface area contributed by atoms with Gasteiger partial charge in [0.2, 0.25) is 5.10 Å². The fourth-order valence-corrected chi connectivity index (χ4v) is 2.77. The van der Waals surface area contributed by atoms with E-state index in [0.717, 1.165) is 23.4 Å². The lowest BCUT2D eigenvalue weighted by molar-refractivity contribution is -0.673. The molecular formula is C14H15N7O2. The molecule has 2 N–H and O–H groups in total. The molecule has 3 heterocycles. The van der Waals surface area contributed by atoms with Crippen LogP contribution >= 0.6 is 0 Å². The van der Waals surface area contributed by atoms with Gasteiger partial charge in [-0.1, -0.05) is 0 Å². The van der Waals surface area contributed by atoms with Gasteiger partial charge in [0, 0.05) is 35.8 Å². The van der Waals surface area contributed by atoms with E-state index in [9.17, 15) is 10.4 Å². The summed E-state index contributed by atoms with van der Waals surface area (Å²) in [5, 5.41) is 38.8. The first kappa shape index (κ1) is 13.7. The van der Waals surface area contributed by atoms with E-state index in [1.807, 2.05) is 4.90 Å². The Morgan fingerprint density at radius 3 is 2.65 bits per heavy atom. The minimum absolute atomic E-state index is 0.140. The molecule has 1 aliphatic rings. The number of nitrogens with one attached hydrogen (secondary N) is 2. The number of hydrogen-bond donors (Lipinski definition) is 2. The average molecular weight is 313 g/mol. The zero-order chi connectivity index (χ0) is 15.8.